The SMILES string of the molecule is C[C@@](O)(CN(CCCc1cccc2ccccc12)CCOc1ccc(CCCCN=C(N)NC(=O)c2nc(Cl)c(N)nc2N)cc1)[C@@H](O)[C@H](O)[C@H](O)CO. The van der Waals surface area contributed by atoms with E-state index < -0.39 is 36.4 Å². The highest BCUT2D eigenvalue weighted by Crippen LogP contribution is 2.22. The van der Waals surface area contributed by atoms with Crippen LogP contribution in [0.15, 0.2) is 71.7 Å². The van der Waals surface area contributed by atoms with Crippen molar-refractivity contribution in [3.8, 4) is 5.75 Å². The van der Waals surface area contributed by atoms with Gasteiger partial charge in [0.05, 0.1) is 6.61 Å². The topological polar surface area (TPSA) is 259 Å². The van der Waals surface area contributed by atoms with Crippen LogP contribution in [0.2, 0.25) is 5.15 Å². The lowest BCUT2D eigenvalue weighted by Crippen LogP contribution is -2.57. The highest BCUT2D eigenvalue weighted by Gasteiger charge is 2.40. The number of aliphatic hydroxyl groups is 5. The van der Waals surface area contributed by atoms with Crippen LogP contribution in [0.4, 0.5) is 11.6 Å². The number of aromatic nitrogens is 2. The highest BCUT2D eigenvalue weighted by atomic mass is 35.5. The van der Waals surface area contributed by atoms with Gasteiger partial charge in [0, 0.05) is 19.6 Å². The third kappa shape index (κ3) is 12.2. The van der Waals surface area contributed by atoms with Gasteiger partial charge < -0.3 is 47.5 Å². The van der Waals surface area contributed by atoms with Crippen molar-refractivity contribution in [3.63, 3.8) is 0 Å². The molecule has 0 spiro atoms. The average Bonchev–Trinajstić information content (AvgIpc) is 3.15. The fourth-order valence-electron chi connectivity index (χ4n) is 6.02. The van der Waals surface area contributed by atoms with E-state index >= 15 is 0 Å². The van der Waals surface area contributed by atoms with Crippen LogP contribution in [0, 0.1) is 0 Å². The number of aliphatic hydroxyl groups excluding tert-OH is 4. The van der Waals surface area contributed by atoms with Crippen LogP contribution in [0.1, 0.15) is 47.8 Å². The van der Waals surface area contributed by atoms with E-state index in [-0.39, 0.29) is 35.0 Å². The fraction of sp³-hybridized carbons (Fsp3) is 0.421. The van der Waals surface area contributed by atoms with Crippen molar-refractivity contribution in [3.05, 3.63) is 88.7 Å². The number of nitrogens with one attached hydrogen (secondary N) is 1. The zero-order valence-electron chi connectivity index (χ0n) is 30.3. The van der Waals surface area contributed by atoms with Crippen LogP contribution in [0.3, 0.4) is 0 Å². The molecule has 0 aliphatic heterocycles. The van der Waals surface area contributed by atoms with Gasteiger partial charge in [-0.25, -0.2) is 9.97 Å². The minimum atomic E-state index is -1.79. The van der Waals surface area contributed by atoms with Gasteiger partial charge in [0.1, 0.15) is 36.3 Å². The minimum Gasteiger partial charge on any atom is -0.492 e. The molecule has 1 amide bonds. The summed E-state index contributed by atoms with van der Waals surface area (Å²) in [6, 6.07) is 22.1. The largest absolute Gasteiger partial charge is 0.492 e. The van der Waals surface area contributed by atoms with E-state index in [1.165, 1.54) is 17.9 Å². The smallest absolute Gasteiger partial charge is 0.280 e. The molecule has 1 aromatic heterocycles. The molecule has 292 valence electrons. The second-order valence-corrected chi connectivity index (χ2v) is 13.7. The number of amides is 1. The van der Waals surface area contributed by atoms with Crippen molar-refractivity contribution >= 4 is 45.9 Å². The maximum absolute atomic E-state index is 12.4. The molecule has 0 radical (unpaired) electrons. The molecule has 0 bridgehead atoms. The van der Waals surface area contributed by atoms with Gasteiger partial charge in [-0.3, -0.25) is 20.0 Å². The molecule has 0 saturated carbocycles. The third-order valence-electron chi connectivity index (χ3n) is 9.00. The van der Waals surface area contributed by atoms with Crippen molar-refractivity contribution < 1.29 is 35.1 Å². The van der Waals surface area contributed by atoms with Crippen LogP contribution in [-0.2, 0) is 12.8 Å². The summed E-state index contributed by atoms with van der Waals surface area (Å²) in [5.41, 5.74) is 17.4. The maximum atomic E-state index is 12.4. The molecule has 0 saturated heterocycles. The van der Waals surface area contributed by atoms with Crippen molar-refractivity contribution in [2.45, 2.75) is 62.9 Å². The number of unbranched alkanes of at least 4 members (excludes halogenated alkanes) is 1. The maximum Gasteiger partial charge on any atom is 0.280 e. The summed E-state index contributed by atoms with van der Waals surface area (Å²) in [5, 5.41) is 55.9. The number of hydrogen-bond donors (Lipinski definition) is 9. The summed E-state index contributed by atoms with van der Waals surface area (Å²) in [6.07, 6.45) is -1.15. The van der Waals surface area contributed by atoms with E-state index in [0.29, 0.717) is 32.0 Å². The normalized spacial score (nSPS) is 14.8. The molecule has 0 aliphatic rings. The van der Waals surface area contributed by atoms with E-state index in [1.807, 2.05) is 47.4 Å². The van der Waals surface area contributed by atoms with E-state index in [1.54, 1.807) is 0 Å². The zero-order valence-corrected chi connectivity index (χ0v) is 31.1. The number of nitrogen functional groups attached to an aromatic ring is 2. The predicted molar refractivity (Wildman–Crippen MR) is 209 cm³/mol. The standard InChI is InChI=1S/C38H51ClN8O7/c1-38(53,32(51)31(50)29(49)22-48)23-47(19-7-12-26-11-6-10-25-9-2-3-13-28(25)26)20-21-54-27-16-14-24(15-17-27)8-4-5-18-43-37(42)46-36(52)30-34(40)45-35(41)33(39)44-30/h2-3,6,9-11,13-17,29,31-32,48-51,53H,4-5,7-8,12,18-23H2,1H3,(H4,40,41,45)(H3,42,43,46,52)/t29-,31-,32+,38-/m1/s1. The Morgan fingerprint density at radius 1 is 0.963 bits per heavy atom. The first-order valence-corrected chi connectivity index (χ1v) is 18.1. The number of aliphatic imine (C=N–C) groups is 1. The van der Waals surface area contributed by atoms with E-state index in [2.05, 4.69) is 44.5 Å². The first kappa shape index (κ1) is 42.1. The van der Waals surface area contributed by atoms with E-state index in [0.717, 1.165) is 43.1 Å². The average molecular weight is 767 g/mol. The number of fused-ring (bicyclic) bond motifs is 1. The van der Waals surface area contributed by atoms with E-state index in [4.69, 9.17) is 33.5 Å². The third-order valence-corrected chi connectivity index (χ3v) is 9.28. The lowest BCUT2D eigenvalue weighted by Gasteiger charge is -2.37. The van der Waals surface area contributed by atoms with Gasteiger partial charge in [-0.1, -0.05) is 66.2 Å². The Morgan fingerprint density at radius 2 is 1.69 bits per heavy atom. The zero-order chi connectivity index (χ0) is 39.3. The van der Waals surface area contributed by atoms with Gasteiger partial charge in [-0.15, -0.1) is 0 Å². The molecule has 54 heavy (non-hydrogen) atoms. The van der Waals surface area contributed by atoms with Crippen molar-refractivity contribution in [2.24, 2.45) is 10.7 Å². The van der Waals surface area contributed by atoms with Crippen molar-refractivity contribution in [2.75, 3.05) is 50.9 Å². The number of anilines is 2. The Bertz CT molecular complexity index is 1840. The molecule has 0 fully saturated rings. The van der Waals surface area contributed by atoms with Crippen LogP contribution >= 0.6 is 11.6 Å². The molecular formula is C38H51ClN8O7. The lowest BCUT2D eigenvalue weighted by molar-refractivity contribution is -0.158. The summed E-state index contributed by atoms with van der Waals surface area (Å²) >= 11 is 5.83. The lowest BCUT2D eigenvalue weighted by atomic mass is 9.91. The Morgan fingerprint density at radius 3 is 2.43 bits per heavy atom. The van der Waals surface area contributed by atoms with Gasteiger partial charge in [-0.2, -0.15) is 0 Å². The van der Waals surface area contributed by atoms with Crippen molar-refractivity contribution in [1.82, 2.24) is 20.2 Å². The second-order valence-electron chi connectivity index (χ2n) is 13.4. The Hall–Kier alpha value is -4.61. The van der Waals surface area contributed by atoms with Gasteiger partial charge in [0.15, 0.2) is 28.4 Å². The Kier molecular flexibility index (Phi) is 15.7. The summed E-state index contributed by atoms with van der Waals surface area (Å²) < 4.78 is 6.04. The minimum absolute atomic E-state index is 0.00987. The van der Waals surface area contributed by atoms with Gasteiger partial charge in [-0.05, 0) is 79.6 Å². The first-order chi connectivity index (χ1) is 25.8. The number of carbonyl (C=O) groups excluding carboxylic acids is 1. The molecular weight excluding hydrogens is 716 g/mol. The van der Waals surface area contributed by atoms with E-state index in [9.17, 15) is 30.3 Å². The molecule has 4 atom stereocenters. The van der Waals surface area contributed by atoms with Crippen molar-refractivity contribution in [1.29, 1.82) is 0 Å². The quantitative estimate of drug-likeness (QED) is 0.0353. The number of rotatable bonds is 20. The summed E-state index contributed by atoms with van der Waals surface area (Å²) in [4.78, 5) is 26.1. The number of guanidine groups is 1. The molecule has 15 nitrogen and oxygen atoms in total. The number of nitrogens with zero attached hydrogens (tertiary/aromatic N) is 4. The van der Waals surface area contributed by atoms with Crippen LogP contribution in [-0.4, -0.2) is 116 Å². The van der Waals surface area contributed by atoms with Gasteiger partial charge in [0.2, 0.25) is 0 Å². The fourth-order valence-corrected chi connectivity index (χ4v) is 6.14. The molecule has 12 N–H and O–H groups in total. The molecule has 1 heterocycles. The molecule has 0 aliphatic carbocycles. The van der Waals surface area contributed by atoms with Crippen LogP contribution in [0.25, 0.3) is 10.8 Å². The Balaban J connectivity index is 1.25. The summed E-state index contributed by atoms with van der Waals surface area (Å²) in [6.45, 7) is 2.30. The second kappa shape index (κ2) is 20.2. The van der Waals surface area contributed by atoms with Gasteiger partial charge in [0.25, 0.3) is 5.91 Å². The molecule has 3 aromatic carbocycles. The number of aryl methyl sites for hydroxylation is 2. The number of hydrogen-bond acceptors (Lipinski definition) is 13. The summed E-state index contributed by atoms with van der Waals surface area (Å²) in [5.74, 6) is -0.377. The number of halogens is 1. The number of nitrogens with two attached hydrogens (primary N) is 3. The van der Waals surface area contributed by atoms with Crippen LogP contribution in [0.5, 0.6) is 5.75 Å². The molecule has 4 rings (SSSR count). The Labute approximate surface area is 319 Å². The number of ether oxygens (including phenoxy) is 1. The first-order valence-electron chi connectivity index (χ1n) is 17.8. The molecule has 16 heteroatoms. The summed E-state index contributed by atoms with van der Waals surface area (Å²) in [7, 11) is 0. The predicted octanol–water partition coefficient (Wildman–Crippen LogP) is 1.65. The molecule has 4 aromatic rings. The van der Waals surface area contributed by atoms with Crippen LogP contribution < -0.4 is 27.3 Å². The van der Waals surface area contributed by atoms with Gasteiger partial charge >= 0.3 is 0 Å². The number of carbonyl (C=O) groups is 1. The highest BCUT2D eigenvalue weighted by molar-refractivity contribution is 6.31. The monoisotopic (exact) mass is 766 g/mol. The molecule has 0 unspecified atom stereocenters. The number of benzene rings is 3.